The molecule has 1 rings (SSSR count). The van der Waals surface area contributed by atoms with Crippen LogP contribution in [0.4, 0.5) is 0 Å². The molecule has 0 radical (unpaired) electrons. The highest BCUT2D eigenvalue weighted by molar-refractivity contribution is 5.64. The molecule has 1 atom stereocenters. The highest BCUT2D eigenvalue weighted by Crippen LogP contribution is 2.22. The van der Waals surface area contributed by atoms with Gasteiger partial charge in [0.2, 0.25) is 0 Å². The van der Waals surface area contributed by atoms with Gasteiger partial charge in [0, 0.05) is 5.92 Å². The van der Waals surface area contributed by atoms with E-state index in [2.05, 4.69) is 0 Å². The van der Waals surface area contributed by atoms with Gasteiger partial charge < -0.3 is 9.90 Å². The molecule has 0 bridgehead atoms. The zero-order valence-corrected chi connectivity index (χ0v) is 7.19. The molecule has 0 aliphatic heterocycles. The van der Waals surface area contributed by atoms with Crippen molar-refractivity contribution < 1.29 is 9.90 Å². The van der Waals surface area contributed by atoms with Gasteiger partial charge >= 0.3 is 0 Å². The van der Waals surface area contributed by atoms with Crippen molar-refractivity contribution in [2.75, 3.05) is 0 Å². The third-order valence-electron chi connectivity index (χ3n) is 1.85. The molecule has 66 valence electrons. The summed E-state index contributed by atoms with van der Waals surface area (Å²) in [5, 5.41) is 17.9. The zero-order valence-electron chi connectivity index (χ0n) is 7.19. The first-order chi connectivity index (χ1) is 6.19. The van der Waals surface area contributed by atoms with Crippen molar-refractivity contribution >= 4 is 6.29 Å². The number of carbonyl (C=O) groups is 1. The third kappa shape index (κ3) is 1.85. The van der Waals surface area contributed by atoms with Gasteiger partial charge in [-0.15, -0.1) is 0 Å². The van der Waals surface area contributed by atoms with E-state index < -0.39 is 0 Å². The summed E-state index contributed by atoms with van der Waals surface area (Å²) in [5.74, 6) is -0.288. The molecule has 0 saturated heterocycles. The Morgan fingerprint density at radius 1 is 1.62 bits per heavy atom. The van der Waals surface area contributed by atoms with Crippen LogP contribution in [0.15, 0.2) is 18.2 Å². The van der Waals surface area contributed by atoms with Gasteiger partial charge in [-0.3, -0.25) is 0 Å². The first-order valence-corrected chi connectivity index (χ1v) is 3.87. The number of nitrogens with zero attached hydrogens (tertiary/aromatic N) is 1. The summed E-state index contributed by atoms with van der Waals surface area (Å²) in [6.45, 7) is 1.68. The molecular weight excluding hydrogens is 166 g/mol. The lowest BCUT2D eigenvalue weighted by Crippen LogP contribution is -1.97. The molecule has 13 heavy (non-hydrogen) atoms. The van der Waals surface area contributed by atoms with Gasteiger partial charge in [0.1, 0.15) is 12.0 Å². The molecule has 0 aliphatic rings. The second kappa shape index (κ2) is 3.72. The highest BCUT2D eigenvalue weighted by Gasteiger charge is 2.09. The van der Waals surface area contributed by atoms with Crippen LogP contribution in [0.5, 0.6) is 5.75 Å². The molecule has 3 heteroatoms. The van der Waals surface area contributed by atoms with E-state index >= 15 is 0 Å². The van der Waals surface area contributed by atoms with Crippen LogP contribution < -0.4 is 0 Å². The Labute approximate surface area is 76.2 Å². The monoisotopic (exact) mass is 175 g/mol. The predicted molar refractivity (Wildman–Crippen MR) is 47.3 cm³/mol. The number of hydrogen-bond acceptors (Lipinski definition) is 3. The van der Waals surface area contributed by atoms with Gasteiger partial charge in [-0.25, -0.2) is 0 Å². The lowest BCUT2D eigenvalue weighted by molar-refractivity contribution is -0.108. The summed E-state index contributed by atoms with van der Waals surface area (Å²) in [4.78, 5) is 10.5. The molecule has 0 fully saturated rings. The Hall–Kier alpha value is -1.82. The van der Waals surface area contributed by atoms with Crippen LogP contribution in [-0.2, 0) is 4.79 Å². The van der Waals surface area contributed by atoms with E-state index in [1.54, 1.807) is 6.92 Å². The lowest BCUT2D eigenvalue weighted by Gasteiger charge is -2.06. The zero-order chi connectivity index (χ0) is 9.84. The third-order valence-corrected chi connectivity index (χ3v) is 1.85. The van der Waals surface area contributed by atoms with Gasteiger partial charge in [0.05, 0.1) is 11.6 Å². The molecule has 0 aliphatic carbocycles. The van der Waals surface area contributed by atoms with E-state index in [4.69, 9.17) is 10.4 Å². The number of benzene rings is 1. The molecular formula is C10H9NO2. The molecule has 0 amide bonds. The van der Waals surface area contributed by atoms with Crippen molar-refractivity contribution in [1.29, 1.82) is 5.26 Å². The van der Waals surface area contributed by atoms with Crippen LogP contribution in [0, 0.1) is 11.3 Å². The maximum absolute atomic E-state index is 10.5. The SMILES string of the molecule is CC(C=O)c1cc(O)ccc1C#N. The average Bonchev–Trinajstić information content (AvgIpc) is 2.16. The molecule has 0 heterocycles. The van der Waals surface area contributed by atoms with Crippen LogP contribution in [0.1, 0.15) is 24.0 Å². The summed E-state index contributed by atoms with van der Waals surface area (Å²) < 4.78 is 0. The summed E-state index contributed by atoms with van der Waals surface area (Å²) in [7, 11) is 0. The second-order valence-electron chi connectivity index (χ2n) is 2.81. The quantitative estimate of drug-likeness (QED) is 0.694. The predicted octanol–water partition coefficient (Wildman–Crippen LogP) is 1.57. The minimum atomic E-state index is -0.359. The van der Waals surface area contributed by atoms with Crippen LogP contribution >= 0.6 is 0 Å². The summed E-state index contributed by atoms with van der Waals surface area (Å²) in [5.41, 5.74) is 0.995. The summed E-state index contributed by atoms with van der Waals surface area (Å²) in [6, 6.07) is 6.34. The maximum Gasteiger partial charge on any atom is 0.127 e. The van der Waals surface area contributed by atoms with E-state index in [0.29, 0.717) is 11.1 Å². The van der Waals surface area contributed by atoms with Crippen molar-refractivity contribution in [2.45, 2.75) is 12.8 Å². The number of carbonyl (C=O) groups excluding carboxylic acids is 1. The van der Waals surface area contributed by atoms with Gasteiger partial charge in [0.25, 0.3) is 0 Å². The Morgan fingerprint density at radius 2 is 2.31 bits per heavy atom. The van der Waals surface area contributed by atoms with Crippen molar-refractivity contribution in [2.24, 2.45) is 0 Å². The standard InChI is InChI=1S/C10H9NO2/c1-7(6-12)10-4-9(13)3-2-8(10)5-11/h2-4,6-7,13H,1H3. The van der Waals surface area contributed by atoms with Crippen molar-refractivity contribution in [3.8, 4) is 11.8 Å². The lowest BCUT2D eigenvalue weighted by atomic mass is 9.97. The smallest absolute Gasteiger partial charge is 0.127 e. The molecule has 0 saturated carbocycles. The first-order valence-electron chi connectivity index (χ1n) is 3.87. The topological polar surface area (TPSA) is 61.1 Å². The largest absolute Gasteiger partial charge is 0.508 e. The van der Waals surface area contributed by atoms with Crippen LogP contribution in [-0.4, -0.2) is 11.4 Å². The van der Waals surface area contributed by atoms with Gasteiger partial charge in [-0.2, -0.15) is 5.26 Å². The number of rotatable bonds is 2. The molecule has 3 nitrogen and oxygen atoms in total. The average molecular weight is 175 g/mol. The molecule has 1 aromatic rings. The Bertz CT molecular complexity index is 366. The van der Waals surface area contributed by atoms with E-state index in [0.717, 1.165) is 6.29 Å². The number of aromatic hydroxyl groups is 1. The molecule has 0 aromatic heterocycles. The number of aldehydes is 1. The van der Waals surface area contributed by atoms with E-state index in [-0.39, 0.29) is 11.7 Å². The van der Waals surface area contributed by atoms with E-state index in [1.165, 1.54) is 18.2 Å². The number of phenolic OH excluding ortho intramolecular Hbond substituents is 1. The molecule has 1 aromatic carbocycles. The van der Waals surface area contributed by atoms with Crippen LogP contribution in [0.25, 0.3) is 0 Å². The first kappa shape index (κ1) is 9.27. The Kier molecular flexibility index (Phi) is 2.65. The van der Waals surface area contributed by atoms with Gasteiger partial charge in [-0.1, -0.05) is 6.92 Å². The minimum Gasteiger partial charge on any atom is -0.508 e. The van der Waals surface area contributed by atoms with Gasteiger partial charge in [-0.05, 0) is 23.8 Å². The fraction of sp³-hybridized carbons (Fsp3) is 0.200. The highest BCUT2D eigenvalue weighted by atomic mass is 16.3. The fourth-order valence-electron chi connectivity index (χ4n) is 1.10. The van der Waals surface area contributed by atoms with Crippen LogP contribution in [0.3, 0.4) is 0 Å². The fourth-order valence-corrected chi connectivity index (χ4v) is 1.10. The molecule has 1 N–H and O–H groups in total. The minimum absolute atomic E-state index is 0.0719. The summed E-state index contributed by atoms with van der Waals surface area (Å²) >= 11 is 0. The number of nitriles is 1. The molecule has 0 spiro atoms. The Balaban J connectivity index is 3.25. The number of phenols is 1. The van der Waals surface area contributed by atoms with Crippen LogP contribution in [0.2, 0.25) is 0 Å². The Morgan fingerprint density at radius 3 is 2.85 bits per heavy atom. The van der Waals surface area contributed by atoms with Crippen molar-refractivity contribution in [3.05, 3.63) is 29.3 Å². The number of hydrogen-bond donors (Lipinski definition) is 1. The van der Waals surface area contributed by atoms with Crippen molar-refractivity contribution in [3.63, 3.8) is 0 Å². The summed E-state index contributed by atoms with van der Waals surface area (Å²) in [6.07, 6.45) is 0.746. The normalized spacial score (nSPS) is 11.7. The van der Waals surface area contributed by atoms with E-state index in [1.807, 2.05) is 6.07 Å². The maximum atomic E-state index is 10.5. The van der Waals surface area contributed by atoms with Gasteiger partial charge in [0.15, 0.2) is 0 Å². The van der Waals surface area contributed by atoms with Crippen molar-refractivity contribution in [1.82, 2.24) is 0 Å². The van der Waals surface area contributed by atoms with E-state index in [9.17, 15) is 4.79 Å². The second-order valence-corrected chi connectivity index (χ2v) is 2.81. The molecule has 1 unspecified atom stereocenters.